The summed E-state index contributed by atoms with van der Waals surface area (Å²) in [6.45, 7) is 11.6. The SMILES string of the molecule is CCOCc1cccc(B2OC(C)(C)C(C)(C)O2)c1. The first-order valence-corrected chi connectivity index (χ1v) is 6.88. The minimum Gasteiger partial charge on any atom is -0.399 e. The fourth-order valence-corrected chi connectivity index (χ4v) is 2.03. The Morgan fingerprint density at radius 3 is 2.32 bits per heavy atom. The van der Waals surface area contributed by atoms with Gasteiger partial charge in [-0.15, -0.1) is 0 Å². The van der Waals surface area contributed by atoms with Crippen LogP contribution in [0.1, 0.15) is 40.2 Å². The zero-order chi connectivity index (χ0) is 14.1. The van der Waals surface area contributed by atoms with Gasteiger partial charge in [0.2, 0.25) is 0 Å². The van der Waals surface area contributed by atoms with Gasteiger partial charge in [0.05, 0.1) is 17.8 Å². The Kier molecular flexibility index (Phi) is 4.04. The maximum Gasteiger partial charge on any atom is 0.494 e. The Morgan fingerprint density at radius 1 is 1.11 bits per heavy atom. The molecule has 1 heterocycles. The van der Waals surface area contributed by atoms with E-state index in [1.807, 2.05) is 19.1 Å². The van der Waals surface area contributed by atoms with Crippen molar-refractivity contribution in [2.45, 2.75) is 52.4 Å². The highest BCUT2D eigenvalue weighted by Crippen LogP contribution is 2.36. The van der Waals surface area contributed by atoms with Crippen molar-refractivity contribution in [2.75, 3.05) is 6.61 Å². The summed E-state index contributed by atoms with van der Waals surface area (Å²) >= 11 is 0. The predicted octanol–water partition coefficient (Wildman–Crippen LogP) is 2.52. The molecule has 104 valence electrons. The lowest BCUT2D eigenvalue weighted by atomic mass is 9.78. The Bertz CT molecular complexity index is 427. The lowest BCUT2D eigenvalue weighted by Gasteiger charge is -2.32. The lowest BCUT2D eigenvalue weighted by Crippen LogP contribution is -2.41. The third-order valence-electron chi connectivity index (χ3n) is 3.95. The second kappa shape index (κ2) is 5.27. The zero-order valence-electron chi connectivity index (χ0n) is 12.5. The van der Waals surface area contributed by atoms with Crippen LogP contribution in [0.5, 0.6) is 0 Å². The number of rotatable bonds is 4. The Balaban J connectivity index is 2.15. The molecular formula is C15H23BO3. The van der Waals surface area contributed by atoms with Gasteiger partial charge >= 0.3 is 7.12 Å². The van der Waals surface area contributed by atoms with Crippen molar-refractivity contribution in [1.29, 1.82) is 0 Å². The summed E-state index contributed by atoms with van der Waals surface area (Å²) in [5.74, 6) is 0. The maximum atomic E-state index is 6.05. The summed E-state index contributed by atoms with van der Waals surface area (Å²) in [5, 5.41) is 0. The van der Waals surface area contributed by atoms with Crippen molar-refractivity contribution < 1.29 is 14.0 Å². The molecule has 1 saturated heterocycles. The molecule has 0 aliphatic carbocycles. The smallest absolute Gasteiger partial charge is 0.399 e. The third kappa shape index (κ3) is 3.02. The molecule has 1 fully saturated rings. The standard InChI is InChI=1S/C15H23BO3/c1-6-17-11-12-8-7-9-13(10-12)16-18-14(2,3)15(4,5)19-16/h7-10H,6,11H2,1-5H3. The molecule has 1 aromatic rings. The van der Waals surface area contributed by atoms with E-state index in [9.17, 15) is 0 Å². The van der Waals surface area contributed by atoms with E-state index in [0.717, 1.165) is 17.6 Å². The van der Waals surface area contributed by atoms with Gasteiger partial charge in [-0.2, -0.15) is 0 Å². The molecule has 3 nitrogen and oxygen atoms in total. The fourth-order valence-electron chi connectivity index (χ4n) is 2.03. The van der Waals surface area contributed by atoms with Gasteiger partial charge in [0, 0.05) is 6.61 Å². The molecule has 0 spiro atoms. The molecule has 0 atom stereocenters. The number of benzene rings is 1. The van der Waals surface area contributed by atoms with E-state index in [0.29, 0.717) is 6.61 Å². The second-order valence-electron chi connectivity index (χ2n) is 5.97. The van der Waals surface area contributed by atoms with E-state index < -0.39 is 0 Å². The highest BCUT2D eigenvalue weighted by atomic mass is 16.7. The summed E-state index contributed by atoms with van der Waals surface area (Å²) in [4.78, 5) is 0. The van der Waals surface area contributed by atoms with Crippen LogP contribution >= 0.6 is 0 Å². The average molecular weight is 262 g/mol. The fraction of sp³-hybridized carbons (Fsp3) is 0.600. The molecule has 0 N–H and O–H groups in total. The van der Waals surface area contributed by atoms with Gasteiger partial charge in [-0.25, -0.2) is 0 Å². The first-order valence-electron chi connectivity index (χ1n) is 6.88. The van der Waals surface area contributed by atoms with Crippen LogP contribution < -0.4 is 5.46 Å². The predicted molar refractivity (Wildman–Crippen MR) is 77.5 cm³/mol. The van der Waals surface area contributed by atoms with Crippen LogP contribution in [0.4, 0.5) is 0 Å². The summed E-state index contributed by atoms with van der Waals surface area (Å²) in [5.41, 5.74) is 1.60. The molecule has 1 aliphatic rings. The summed E-state index contributed by atoms with van der Waals surface area (Å²) in [7, 11) is -0.299. The largest absolute Gasteiger partial charge is 0.494 e. The van der Waals surface area contributed by atoms with Gasteiger partial charge < -0.3 is 14.0 Å². The minimum absolute atomic E-state index is 0.298. The van der Waals surface area contributed by atoms with Gasteiger partial charge in [-0.1, -0.05) is 24.3 Å². The van der Waals surface area contributed by atoms with Gasteiger partial charge in [0.1, 0.15) is 0 Å². The molecule has 1 aliphatic heterocycles. The molecule has 0 bridgehead atoms. The Morgan fingerprint density at radius 2 is 1.74 bits per heavy atom. The third-order valence-corrected chi connectivity index (χ3v) is 3.95. The molecule has 0 radical (unpaired) electrons. The first kappa shape index (κ1) is 14.6. The molecule has 1 aromatic carbocycles. The quantitative estimate of drug-likeness (QED) is 0.780. The van der Waals surface area contributed by atoms with Crippen LogP contribution in [0.15, 0.2) is 24.3 Å². The van der Waals surface area contributed by atoms with Crippen molar-refractivity contribution in [3.63, 3.8) is 0 Å². The van der Waals surface area contributed by atoms with Crippen LogP contribution in [-0.4, -0.2) is 24.9 Å². The monoisotopic (exact) mass is 262 g/mol. The number of ether oxygens (including phenoxy) is 1. The summed E-state index contributed by atoms with van der Waals surface area (Å²) < 4.78 is 17.5. The highest BCUT2D eigenvalue weighted by Gasteiger charge is 2.51. The van der Waals surface area contributed by atoms with Gasteiger partial charge in [-0.05, 0) is 45.6 Å². The highest BCUT2D eigenvalue weighted by molar-refractivity contribution is 6.62. The van der Waals surface area contributed by atoms with Crippen molar-refractivity contribution in [2.24, 2.45) is 0 Å². The normalized spacial score (nSPS) is 20.8. The Labute approximate surface area is 116 Å². The van der Waals surface area contributed by atoms with Gasteiger partial charge in [0.25, 0.3) is 0 Å². The van der Waals surface area contributed by atoms with Crippen LogP contribution in [0.3, 0.4) is 0 Å². The van der Waals surface area contributed by atoms with E-state index in [1.54, 1.807) is 0 Å². The molecule has 19 heavy (non-hydrogen) atoms. The first-order chi connectivity index (χ1) is 8.86. The molecule has 0 saturated carbocycles. The molecule has 0 unspecified atom stereocenters. The van der Waals surface area contributed by atoms with Crippen molar-refractivity contribution >= 4 is 12.6 Å². The lowest BCUT2D eigenvalue weighted by molar-refractivity contribution is 0.00578. The number of hydrogen-bond donors (Lipinski definition) is 0. The average Bonchev–Trinajstić information content (AvgIpc) is 2.56. The maximum absolute atomic E-state index is 6.05. The topological polar surface area (TPSA) is 27.7 Å². The molecule has 4 heteroatoms. The van der Waals surface area contributed by atoms with Crippen LogP contribution in [0.25, 0.3) is 0 Å². The van der Waals surface area contributed by atoms with E-state index in [-0.39, 0.29) is 18.3 Å². The number of hydrogen-bond acceptors (Lipinski definition) is 3. The van der Waals surface area contributed by atoms with Crippen LogP contribution in [0, 0.1) is 0 Å². The van der Waals surface area contributed by atoms with Crippen molar-refractivity contribution in [1.82, 2.24) is 0 Å². The minimum atomic E-state index is -0.299. The van der Waals surface area contributed by atoms with E-state index in [4.69, 9.17) is 14.0 Å². The molecule has 0 amide bonds. The van der Waals surface area contributed by atoms with Crippen LogP contribution in [0.2, 0.25) is 0 Å². The summed E-state index contributed by atoms with van der Waals surface area (Å²) in [6, 6.07) is 8.22. The van der Waals surface area contributed by atoms with Gasteiger partial charge in [0.15, 0.2) is 0 Å². The van der Waals surface area contributed by atoms with Crippen molar-refractivity contribution in [3.05, 3.63) is 29.8 Å². The van der Waals surface area contributed by atoms with E-state index in [2.05, 4.69) is 39.8 Å². The van der Waals surface area contributed by atoms with E-state index in [1.165, 1.54) is 0 Å². The Hall–Kier alpha value is -0.835. The molecule has 0 aromatic heterocycles. The van der Waals surface area contributed by atoms with E-state index >= 15 is 0 Å². The second-order valence-corrected chi connectivity index (χ2v) is 5.97. The molecule has 2 rings (SSSR count). The summed E-state index contributed by atoms with van der Waals surface area (Å²) in [6.07, 6.45) is 0. The van der Waals surface area contributed by atoms with Gasteiger partial charge in [-0.3, -0.25) is 0 Å². The van der Waals surface area contributed by atoms with Crippen molar-refractivity contribution in [3.8, 4) is 0 Å². The zero-order valence-corrected chi connectivity index (χ0v) is 12.5. The molecular weight excluding hydrogens is 239 g/mol. The van der Waals surface area contributed by atoms with Crippen LogP contribution in [-0.2, 0) is 20.7 Å².